The highest BCUT2D eigenvalue weighted by Gasteiger charge is 2.33. The summed E-state index contributed by atoms with van der Waals surface area (Å²) in [7, 11) is 1.17. The van der Waals surface area contributed by atoms with E-state index >= 15 is 0 Å². The number of hydrazone groups is 1. The minimum atomic E-state index is -0.789. The summed E-state index contributed by atoms with van der Waals surface area (Å²) in [5.74, 6) is -1.17. The second-order valence-corrected chi connectivity index (χ2v) is 5.91. The fourth-order valence-corrected chi connectivity index (χ4v) is 2.99. The minimum Gasteiger partial charge on any atom is -0.466 e. The molecule has 0 atom stereocenters. The Kier molecular flexibility index (Phi) is 6.07. The van der Waals surface area contributed by atoms with E-state index in [1.807, 2.05) is 0 Å². The number of rotatable bonds is 6. The number of nitrogens with one attached hydrogen (secondary N) is 1. The van der Waals surface area contributed by atoms with Gasteiger partial charge in [-0.25, -0.2) is 4.79 Å². The summed E-state index contributed by atoms with van der Waals surface area (Å²) in [5, 5.41) is 26.0. The van der Waals surface area contributed by atoms with Crippen molar-refractivity contribution in [3.05, 3.63) is 49.4 Å². The lowest BCUT2D eigenvalue weighted by molar-refractivity contribution is -0.393. The number of benzene rings is 1. The molecule has 13 heteroatoms. The molecule has 1 aromatic carbocycles. The van der Waals surface area contributed by atoms with Crippen molar-refractivity contribution in [3.8, 4) is 0 Å². The molecule has 1 fully saturated rings. The van der Waals surface area contributed by atoms with Crippen LogP contribution in [0.15, 0.2) is 34.3 Å². The van der Waals surface area contributed by atoms with Gasteiger partial charge in [0.15, 0.2) is 5.17 Å². The van der Waals surface area contributed by atoms with Crippen molar-refractivity contribution in [1.82, 2.24) is 4.90 Å². The molecule has 2 rings (SSSR count). The van der Waals surface area contributed by atoms with Crippen molar-refractivity contribution in [3.63, 3.8) is 0 Å². The number of amides is 1. The highest BCUT2D eigenvalue weighted by Crippen LogP contribution is 2.32. The van der Waals surface area contributed by atoms with Crippen LogP contribution in [0.4, 0.5) is 17.1 Å². The lowest BCUT2D eigenvalue weighted by atomic mass is 10.2. The maximum atomic E-state index is 12.2. The molecular weight excluding hydrogens is 382 g/mol. The van der Waals surface area contributed by atoms with E-state index in [1.54, 1.807) is 6.92 Å². The Balaban J connectivity index is 2.32. The first-order chi connectivity index (χ1) is 12.8. The summed E-state index contributed by atoms with van der Waals surface area (Å²) < 4.78 is 4.48. The van der Waals surface area contributed by atoms with Gasteiger partial charge in [-0.1, -0.05) is 0 Å². The number of esters is 1. The number of ether oxygens (including phenoxy) is 1. The number of nitrogens with zero attached hydrogens (tertiary/aromatic N) is 4. The van der Waals surface area contributed by atoms with Gasteiger partial charge in [0.05, 0.1) is 27.9 Å². The van der Waals surface area contributed by atoms with Crippen LogP contribution in [0, 0.1) is 20.2 Å². The van der Waals surface area contributed by atoms with Crippen LogP contribution in [0.5, 0.6) is 0 Å². The second-order valence-electron chi connectivity index (χ2n) is 4.91. The van der Waals surface area contributed by atoms with E-state index in [4.69, 9.17) is 0 Å². The van der Waals surface area contributed by atoms with Crippen LogP contribution in [0.25, 0.3) is 0 Å². The molecule has 27 heavy (non-hydrogen) atoms. The molecule has 1 N–H and O–H groups in total. The highest BCUT2D eigenvalue weighted by atomic mass is 32.2. The van der Waals surface area contributed by atoms with Crippen molar-refractivity contribution in [2.24, 2.45) is 5.10 Å². The molecular formula is C14H13N5O7S. The van der Waals surface area contributed by atoms with Crippen LogP contribution in [-0.2, 0) is 14.3 Å². The normalized spacial score (nSPS) is 16.7. The fourth-order valence-electron chi connectivity index (χ4n) is 2.02. The first kappa shape index (κ1) is 19.8. The minimum absolute atomic E-state index is 0.0856. The van der Waals surface area contributed by atoms with Crippen molar-refractivity contribution in [1.29, 1.82) is 0 Å². The molecule has 1 heterocycles. The summed E-state index contributed by atoms with van der Waals surface area (Å²) in [5.41, 5.74) is 1.36. The summed E-state index contributed by atoms with van der Waals surface area (Å²) in [4.78, 5) is 45.3. The topological polar surface area (TPSA) is 157 Å². The van der Waals surface area contributed by atoms with Crippen LogP contribution in [0.3, 0.4) is 0 Å². The number of carbonyl (C=O) groups excluding carboxylic acids is 2. The van der Waals surface area contributed by atoms with Gasteiger partial charge >= 0.3 is 11.7 Å². The van der Waals surface area contributed by atoms with Crippen LogP contribution in [0.2, 0.25) is 0 Å². The molecule has 0 aliphatic carbocycles. The number of hydrogen-bond acceptors (Lipinski definition) is 10. The van der Waals surface area contributed by atoms with E-state index in [-0.39, 0.29) is 22.3 Å². The number of thioether (sulfide) groups is 1. The number of methoxy groups -OCH3 is 1. The van der Waals surface area contributed by atoms with Gasteiger partial charge < -0.3 is 4.74 Å². The summed E-state index contributed by atoms with van der Waals surface area (Å²) in [6.07, 6.45) is 1.02. The number of non-ortho nitro benzene ring substituents is 1. The number of likely N-dealkylation sites (N-methyl/N-ethyl adjacent to an activating group) is 1. The third-order valence-electron chi connectivity index (χ3n) is 3.32. The van der Waals surface area contributed by atoms with Crippen molar-refractivity contribution < 1.29 is 24.2 Å². The lowest BCUT2D eigenvalue weighted by Crippen LogP contribution is -2.29. The van der Waals surface area contributed by atoms with Crippen molar-refractivity contribution in [2.75, 3.05) is 19.1 Å². The van der Waals surface area contributed by atoms with E-state index in [2.05, 4.69) is 15.3 Å². The van der Waals surface area contributed by atoms with E-state index in [1.165, 1.54) is 12.0 Å². The summed E-state index contributed by atoms with van der Waals surface area (Å²) >= 11 is 0.883. The van der Waals surface area contributed by atoms with Crippen molar-refractivity contribution >= 4 is 45.9 Å². The van der Waals surface area contributed by atoms with E-state index in [0.29, 0.717) is 0 Å². The Morgan fingerprint density at radius 1 is 1.37 bits per heavy atom. The number of anilines is 1. The average Bonchev–Trinajstić information content (AvgIpc) is 2.94. The van der Waals surface area contributed by atoms with Gasteiger partial charge in [-0.15, -0.1) is 5.10 Å². The molecule has 1 saturated heterocycles. The van der Waals surface area contributed by atoms with E-state index in [0.717, 1.165) is 36.0 Å². The largest absolute Gasteiger partial charge is 0.466 e. The van der Waals surface area contributed by atoms with Crippen LogP contribution in [-0.4, -0.2) is 45.4 Å². The Bertz CT molecular complexity index is 883. The predicted octanol–water partition coefficient (Wildman–Crippen LogP) is 1.84. The molecule has 142 valence electrons. The molecule has 1 amide bonds. The number of nitro benzene ring substituents is 2. The standard InChI is InChI=1S/C14H13N5O7S/c1-3-17-13(21)11(7-12(20)26-2)27-14(17)16-15-9-5-4-8(18(22)23)6-10(9)19(24)25/h4-7,15H,3H2,1-2H3/b11-7-,16-14-. The Morgan fingerprint density at radius 2 is 2.07 bits per heavy atom. The average molecular weight is 395 g/mol. The van der Waals surface area contributed by atoms with Crippen LogP contribution < -0.4 is 5.43 Å². The zero-order chi connectivity index (χ0) is 20.1. The Hall–Kier alpha value is -3.48. The van der Waals surface area contributed by atoms with E-state index < -0.39 is 33.1 Å². The second kappa shape index (κ2) is 8.27. The quantitative estimate of drug-likeness (QED) is 0.328. The monoisotopic (exact) mass is 395 g/mol. The number of amidine groups is 1. The Morgan fingerprint density at radius 3 is 2.63 bits per heavy atom. The van der Waals surface area contributed by atoms with Gasteiger partial charge in [-0.2, -0.15) is 0 Å². The van der Waals surface area contributed by atoms with Gasteiger partial charge in [0, 0.05) is 18.7 Å². The van der Waals surface area contributed by atoms with Crippen molar-refractivity contribution in [2.45, 2.75) is 6.92 Å². The summed E-state index contributed by atoms with van der Waals surface area (Å²) in [6.45, 7) is 1.93. The van der Waals surface area contributed by atoms with E-state index in [9.17, 15) is 29.8 Å². The predicted molar refractivity (Wildman–Crippen MR) is 95.9 cm³/mol. The number of carbonyl (C=O) groups is 2. The van der Waals surface area contributed by atoms with Gasteiger partial charge in [-0.05, 0) is 24.8 Å². The van der Waals surface area contributed by atoms with Gasteiger partial charge in [0.1, 0.15) is 5.69 Å². The maximum Gasteiger partial charge on any atom is 0.331 e. The zero-order valence-corrected chi connectivity index (χ0v) is 14.9. The van der Waals surface area contributed by atoms with Crippen LogP contribution in [0.1, 0.15) is 6.92 Å². The first-order valence-electron chi connectivity index (χ1n) is 7.34. The fraction of sp³-hybridized carbons (Fsp3) is 0.214. The maximum absolute atomic E-state index is 12.2. The molecule has 0 bridgehead atoms. The molecule has 1 aliphatic rings. The first-order valence-corrected chi connectivity index (χ1v) is 8.16. The molecule has 0 saturated carbocycles. The lowest BCUT2D eigenvalue weighted by Gasteiger charge is -2.12. The highest BCUT2D eigenvalue weighted by molar-refractivity contribution is 8.18. The molecule has 0 spiro atoms. The molecule has 0 aromatic heterocycles. The zero-order valence-electron chi connectivity index (χ0n) is 14.1. The third-order valence-corrected chi connectivity index (χ3v) is 4.32. The summed E-state index contributed by atoms with van der Waals surface area (Å²) in [6, 6.07) is 3.03. The smallest absolute Gasteiger partial charge is 0.331 e. The molecule has 1 aliphatic heterocycles. The van der Waals surface area contributed by atoms with Crippen LogP contribution >= 0.6 is 11.8 Å². The SMILES string of the molecule is CCN1C(=O)/C(=C/C(=O)OC)S/C1=N\Nc1ccc([N+](=O)[O-])cc1[N+](=O)[O-]. The third kappa shape index (κ3) is 4.38. The number of hydrogen-bond donors (Lipinski definition) is 1. The molecule has 1 aromatic rings. The van der Waals surface area contributed by atoms with Gasteiger partial charge in [0.2, 0.25) is 0 Å². The Labute approximate surface area is 156 Å². The molecule has 0 unspecified atom stereocenters. The molecule has 12 nitrogen and oxygen atoms in total. The number of nitro groups is 2. The van der Waals surface area contributed by atoms with Gasteiger partial charge in [0.25, 0.3) is 11.6 Å². The van der Waals surface area contributed by atoms with Gasteiger partial charge in [-0.3, -0.25) is 35.3 Å². The molecule has 0 radical (unpaired) electrons.